The zero-order valence-corrected chi connectivity index (χ0v) is 9.92. The molecule has 0 amide bonds. The predicted octanol–water partition coefficient (Wildman–Crippen LogP) is 1.94. The predicted molar refractivity (Wildman–Crippen MR) is 68.0 cm³/mol. The van der Waals surface area contributed by atoms with Crippen LogP contribution in [0.2, 0.25) is 0 Å². The molecule has 0 atom stereocenters. The molecule has 0 aliphatic rings. The van der Waals surface area contributed by atoms with Gasteiger partial charge in [-0.3, -0.25) is 4.57 Å². The van der Waals surface area contributed by atoms with Gasteiger partial charge in [0.1, 0.15) is 12.2 Å². The topological polar surface area (TPSA) is 56.7 Å². The van der Waals surface area contributed by atoms with E-state index >= 15 is 0 Å². The van der Waals surface area contributed by atoms with E-state index < -0.39 is 0 Å². The van der Waals surface area contributed by atoms with Crippen LogP contribution in [0.1, 0.15) is 25.1 Å². The number of rotatable bonds is 6. The maximum atomic E-state index is 5.48. The first-order valence-corrected chi connectivity index (χ1v) is 6.06. The first kappa shape index (κ1) is 11.8. The number of nitrogens with zero attached hydrogens (tertiary/aromatic N) is 3. The van der Waals surface area contributed by atoms with Gasteiger partial charge < -0.3 is 5.73 Å². The van der Waals surface area contributed by atoms with E-state index in [4.69, 9.17) is 5.73 Å². The molecule has 2 rings (SSSR count). The number of benzene rings is 1. The fourth-order valence-corrected chi connectivity index (χ4v) is 1.84. The van der Waals surface area contributed by atoms with Gasteiger partial charge in [0.2, 0.25) is 0 Å². The van der Waals surface area contributed by atoms with E-state index in [1.807, 2.05) is 22.8 Å². The molecule has 0 fully saturated rings. The highest BCUT2D eigenvalue weighted by Gasteiger charge is 2.05. The third-order valence-electron chi connectivity index (χ3n) is 2.76. The Morgan fingerprint density at radius 2 is 1.88 bits per heavy atom. The van der Waals surface area contributed by atoms with Crippen LogP contribution < -0.4 is 5.73 Å². The molecule has 0 saturated heterocycles. The largest absolute Gasteiger partial charge is 0.330 e. The average molecular weight is 230 g/mol. The Balaban J connectivity index is 2.02. The van der Waals surface area contributed by atoms with Crippen molar-refractivity contribution < 1.29 is 0 Å². The maximum absolute atomic E-state index is 5.48. The van der Waals surface area contributed by atoms with Crippen LogP contribution in [0, 0.1) is 0 Å². The fraction of sp³-hybridized carbons (Fsp3) is 0.385. The quantitative estimate of drug-likeness (QED) is 0.771. The summed E-state index contributed by atoms with van der Waals surface area (Å²) in [7, 11) is 0. The third kappa shape index (κ3) is 3.14. The third-order valence-corrected chi connectivity index (χ3v) is 2.76. The van der Waals surface area contributed by atoms with E-state index in [2.05, 4.69) is 22.3 Å². The molecule has 2 N–H and O–H groups in total. The second-order valence-electron chi connectivity index (χ2n) is 4.05. The van der Waals surface area contributed by atoms with Gasteiger partial charge in [0.25, 0.3) is 0 Å². The smallest absolute Gasteiger partial charge is 0.137 e. The molecule has 1 aromatic heterocycles. The normalized spacial score (nSPS) is 10.6. The summed E-state index contributed by atoms with van der Waals surface area (Å²) in [6.45, 7) is 0.769. The van der Waals surface area contributed by atoms with E-state index in [9.17, 15) is 0 Å². The molecule has 0 unspecified atom stereocenters. The number of nitrogens with two attached hydrogens (primary N) is 1. The summed E-state index contributed by atoms with van der Waals surface area (Å²) in [6, 6.07) is 10.2. The van der Waals surface area contributed by atoms with Gasteiger partial charge in [0.05, 0.1) is 0 Å². The van der Waals surface area contributed by atoms with Crippen LogP contribution in [0.3, 0.4) is 0 Å². The molecule has 4 heteroatoms. The van der Waals surface area contributed by atoms with Gasteiger partial charge in [-0.1, -0.05) is 24.6 Å². The van der Waals surface area contributed by atoms with Gasteiger partial charge in [0.15, 0.2) is 0 Å². The van der Waals surface area contributed by atoms with Gasteiger partial charge in [-0.05, 0) is 31.5 Å². The van der Waals surface area contributed by atoms with Crippen molar-refractivity contribution >= 4 is 0 Å². The zero-order valence-electron chi connectivity index (χ0n) is 9.92. The molecule has 0 aliphatic heterocycles. The van der Waals surface area contributed by atoms with Crippen molar-refractivity contribution in [1.29, 1.82) is 0 Å². The Hall–Kier alpha value is -1.68. The van der Waals surface area contributed by atoms with Crippen molar-refractivity contribution in [1.82, 2.24) is 14.8 Å². The molecule has 0 bridgehead atoms. The minimum absolute atomic E-state index is 0.769. The standard InChI is InChI=1S/C13H18N4/c14-10-6-2-5-9-13-16-15-11-17(13)12-7-3-1-4-8-12/h1,3-4,7-8,11H,2,5-6,9-10,14H2. The SMILES string of the molecule is NCCCCCc1nncn1-c1ccccc1. The van der Waals surface area contributed by atoms with Crippen LogP contribution in [-0.2, 0) is 6.42 Å². The Morgan fingerprint density at radius 3 is 2.65 bits per heavy atom. The summed E-state index contributed by atoms with van der Waals surface area (Å²) < 4.78 is 2.04. The molecular weight excluding hydrogens is 212 g/mol. The van der Waals surface area contributed by atoms with Crippen LogP contribution >= 0.6 is 0 Å². The Bertz CT molecular complexity index is 436. The Kier molecular flexibility index (Phi) is 4.27. The molecule has 0 radical (unpaired) electrons. The van der Waals surface area contributed by atoms with Crippen LogP contribution in [-0.4, -0.2) is 21.3 Å². The van der Waals surface area contributed by atoms with Crippen molar-refractivity contribution in [3.8, 4) is 5.69 Å². The second kappa shape index (κ2) is 6.15. The first-order valence-electron chi connectivity index (χ1n) is 6.06. The summed E-state index contributed by atoms with van der Waals surface area (Å²) in [5, 5.41) is 8.16. The first-order chi connectivity index (χ1) is 8.42. The lowest BCUT2D eigenvalue weighted by Crippen LogP contribution is -2.02. The summed E-state index contributed by atoms with van der Waals surface area (Å²) in [4.78, 5) is 0. The number of hydrogen-bond donors (Lipinski definition) is 1. The highest BCUT2D eigenvalue weighted by Crippen LogP contribution is 2.11. The van der Waals surface area contributed by atoms with E-state index in [0.717, 1.165) is 43.7 Å². The van der Waals surface area contributed by atoms with E-state index in [1.165, 1.54) is 0 Å². The molecule has 0 spiro atoms. The lowest BCUT2D eigenvalue weighted by molar-refractivity contribution is 0.662. The number of aromatic nitrogens is 3. The van der Waals surface area contributed by atoms with Gasteiger partial charge >= 0.3 is 0 Å². The molecule has 0 aliphatic carbocycles. The minimum Gasteiger partial charge on any atom is -0.330 e. The van der Waals surface area contributed by atoms with Gasteiger partial charge in [0, 0.05) is 12.1 Å². The lowest BCUT2D eigenvalue weighted by Gasteiger charge is -2.05. The van der Waals surface area contributed by atoms with Crippen molar-refractivity contribution in [3.63, 3.8) is 0 Å². The molecule has 2 aromatic rings. The van der Waals surface area contributed by atoms with Crippen molar-refractivity contribution in [2.75, 3.05) is 6.54 Å². The van der Waals surface area contributed by atoms with Crippen LogP contribution in [0.5, 0.6) is 0 Å². The molecule has 1 aromatic carbocycles. The lowest BCUT2D eigenvalue weighted by atomic mass is 10.2. The molecular formula is C13H18N4. The molecule has 0 saturated carbocycles. The maximum Gasteiger partial charge on any atom is 0.137 e. The molecule has 90 valence electrons. The molecule has 17 heavy (non-hydrogen) atoms. The number of aryl methyl sites for hydroxylation is 1. The van der Waals surface area contributed by atoms with Crippen LogP contribution in [0.15, 0.2) is 36.7 Å². The Morgan fingerprint density at radius 1 is 1.06 bits per heavy atom. The zero-order chi connectivity index (χ0) is 11.9. The molecule has 1 heterocycles. The van der Waals surface area contributed by atoms with E-state index in [-0.39, 0.29) is 0 Å². The molecule has 4 nitrogen and oxygen atoms in total. The fourth-order valence-electron chi connectivity index (χ4n) is 1.84. The van der Waals surface area contributed by atoms with Gasteiger partial charge in [-0.15, -0.1) is 10.2 Å². The van der Waals surface area contributed by atoms with E-state index in [0.29, 0.717) is 0 Å². The highest BCUT2D eigenvalue weighted by molar-refractivity contribution is 5.31. The van der Waals surface area contributed by atoms with E-state index in [1.54, 1.807) is 6.33 Å². The van der Waals surface area contributed by atoms with Gasteiger partial charge in [-0.2, -0.15) is 0 Å². The van der Waals surface area contributed by atoms with Crippen molar-refractivity contribution in [3.05, 3.63) is 42.5 Å². The summed E-state index contributed by atoms with van der Waals surface area (Å²) >= 11 is 0. The number of unbranched alkanes of at least 4 members (excludes halogenated alkanes) is 2. The number of para-hydroxylation sites is 1. The number of hydrogen-bond acceptors (Lipinski definition) is 3. The highest BCUT2D eigenvalue weighted by atomic mass is 15.3. The summed E-state index contributed by atoms with van der Waals surface area (Å²) in [6.07, 6.45) is 6.07. The second-order valence-corrected chi connectivity index (χ2v) is 4.05. The van der Waals surface area contributed by atoms with Crippen LogP contribution in [0.4, 0.5) is 0 Å². The summed E-state index contributed by atoms with van der Waals surface area (Å²) in [5.74, 6) is 1.02. The average Bonchev–Trinajstić information content (AvgIpc) is 2.84. The van der Waals surface area contributed by atoms with Crippen LogP contribution in [0.25, 0.3) is 5.69 Å². The van der Waals surface area contributed by atoms with Crippen molar-refractivity contribution in [2.45, 2.75) is 25.7 Å². The van der Waals surface area contributed by atoms with Gasteiger partial charge in [-0.25, -0.2) is 0 Å². The Labute approximate surface area is 101 Å². The minimum atomic E-state index is 0.769. The summed E-state index contributed by atoms with van der Waals surface area (Å²) in [5.41, 5.74) is 6.59. The monoisotopic (exact) mass is 230 g/mol. The van der Waals surface area contributed by atoms with Crippen molar-refractivity contribution in [2.24, 2.45) is 5.73 Å².